The molecule has 0 spiro atoms. The molecule has 2 aromatic carbocycles. The van der Waals surface area contributed by atoms with E-state index in [4.69, 9.17) is 32.7 Å². The predicted octanol–water partition coefficient (Wildman–Crippen LogP) is 4.44. The number of methoxy groups -OCH3 is 2. The smallest absolute Gasteiger partial charge is 0.174 e. The van der Waals surface area contributed by atoms with Gasteiger partial charge in [-0.15, -0.1) is 0 Å². The van der Waals surface area contributed by atoms with Crippen molar-refractivity contribution in [2.45, 2.75) is 6.42 Å². The standard InChI is InChI=1S/C16H14Cl2O3/c1-20-14-4-3-5-15(21-2)16(14)13(19)9-10-6-7-11(17)12(18)8-10/h3-8H,9H2,1-2H3. The van der Waals surface area contributed by atoms with Crippen LogP contribution in [0.15, 0.2) is 36.4 Å². The molecule has 0 aliphatic heterocycles. The number of ether oxygens (including phenoxy) is 2. The average molecular weight is 325 g/mol. The highest BCUT2D eigenvalue weighted by Crippen LogP contribution is 2.30. The van der Waals surface area contributed by atoms with E-state index in [0.29, 0.717) is 27.1 Å². The van der Waals surface area contributed by atoms with Gasteiger partial charge in [0.1, 0.15) is 17.1 Å². The molecular weight excluding hydrogens is 311 g/mol. The summed E-state index contributed by atoms with van der Waals surface area (Å²) in [5.74, 6) is 0.863. The van der Waals surface area contributed by atoms with E-state index in [0.717, 1.165) is 5.56 Å². The van der Waals surface area contributed by atoms with Crippen molar-refractivity contribution in [2.24, 2.45) is 0 Å². The number of hydrogen-bond acceptors (Lipinski definition) is 3. The highest BCUT2D eigenvalue weighted by molar-refractivity contribution is 6.42. The molecule has 0 fully saturated rings. The Bertz CT molecular complexity index is 646. The van der Waals surface area contributed by atoms with Gasteiger partial charge in [-0.25, -0.2) is 0 Å². The minimum atomic E-state index is -0.109. The summed E-state index contributed by atoms with van der Waals surface area (Å²) in [6, 6.07) is 10.4. The van der Waals surface area contributed by atoms with E-state index < -0.39 is 0 Å². The first-order chi connectivity index (χ1) is 10.1. The summed E-state index contributed by atoms with van der Waals surface area (Å²) >= 11 is 11.8. The van der Waals surface area contributed by atoms with Crippen LogP contribution in [0.1, 0.15) is 15.9 Å². The molecule has 2 rings (SSSR count). The molecule has 0 aliphatic carbocycles. The molecule has 0 unspecified atom stereocenters. The van der Waals surface area contributed by atoms with Crippen molar-refractivity contribution in [1.82, 2.24) is 0 Å². The highest BCUT2D eigenvalue weighted by atomic mass is 35.5. The van der Waals surface area contributed by atoms with Gasteiger partial charge < -0.3 is 9.47 Å². The van der Waals surface area contributed by atoms with Crippen molar-refractivity contribution in [3.63, 3.8) is 0 Å². The summed E-state index contributed by atoms with van der Waals surface area (Å²) in [4.78, 5) is 12.5. The maximum absolute atomic E-state index is 12.5. The summed E-state index contributed by atoms with van der Waals surface area (Å²) < 4.78 is 10.5. The fourth-order valence-corrected chi connectivity index (χ4v) is 2.37. The molecule has 0 aromatic heterocycles. The van der Waals surface area contributed by atoms with E-state index in [9.17, 15) is 4.79 Å². The van der Waals surface area contributed by atoms with Gasteiger partial charge in [-0.1, -0.05) is 35.3 Å². The van der Waals surface area contributed by atoms with Crippen molar-refractivity contribution >= 4 is 29.0 Å². The molecule has 0 amide bonds. The lowest BCUT2D eigenvalue weighted by molar-refractivity contribution is 0.0987. The normalized spacial score (nSPS) is 10.3. The van der Waals surface area contributed by atoms with Gasteiger partial charge in [0.25, 0.3) is 0 Å². The fourth-order valence-electron chi connectivity index (χ4n) is 2.05. The Balaban J connectivity index is 2.34. The topological polar surface area (TPSA) is 35.5 Å². The number of carbonyl (C=O) groups is 1. The van der Waals surface area contributed by atoms with Gasteiger partial charge in [-0.2, -0.15) is 0 Å². The zero-order chi connectivity index (χ0) is 15.4. The van der Waals surface area contributed by atoms with Gasteiger partial charge >= 0.3 is 0 Å². The van der Waals surface area contributed by atoms with Crippen LogP contribution in [0.2, 0.25) is 10.0 Å². The Morgan fingerprint density at radius 2 is 1.62 bits per heavy atom. The van der Waals surface area contributed by atoms with Crippen LogP contribution in [-0.4, -0.2) is 20.0 Å². The average Bonchev–Trinajstić information content (AvgIpc) is 2.49. The van der Waals surface area contributed by atoms with Crippen molar-refractivity contribution in [1.29, 1.82) is 0 Å². The third kappa shape index (κ3) is 3.49. The van der Waals surface area contributed by atoms with Crippen LogP contribution < -0.4 is 9.47 Å². The molecular formula is C16H14Cl2O3. The van der Waals surface area contributed by atoms with Gasteiger partial charge in [0.15, 0.2) is 5.78 Å². The Morgan fingerprint density at radius 1 is 1.00 bits per heavy atom. The largest absolute Gasteiger partial charge is 0.496 e. The van der Waals surface area contributed by atoms with Gasteiger partial charge in [-0.3, -0.25) is 4.79 Å². The molecule has 0 saturated carbocycles. The first kappa shape index (κ1) is 15.7. The third-order valence-electron chi connectivity index (χ3n) is 3.06. The first-order valence-corrected chi connectivity index (χ1v) is 7.00. The molecule has 5 heteroatoms. The lowest BCUT2D eigenvalue weighted by atomic mass is 10.0. The monoisotopic (exact) mass is 324 g/mol. The van der Waals surface area contributed by atoms with Crippen LogP contribution in [0.3, 0.4) is 0 Å². The van der Waals surface area contributed by atoms with E-state index in [1.165, 1.54) is 14.2 Å². The number of ketones is 1. The number of benzene rings is 2. The lowest BCUT2D eigenvalue weighted by Gasteiger charge is -2.12. The molecule has 0 aliphatic rings. The number of carbonyl (C=O) groups excluding carboxylic acids is 1. The van der Waals surface area contributed by atoms with Gasteiger partial charge in [0.2, 0.25) is 0 Å². The van der Waals surface area contributed by atoms with Crippen LogP contribution in [0.4, 0.5) is 0 Å². The van der Waals surface area contributed by atoms with E-state index in [2.05, 4.69) is 0 Å². The molecule has 21 heavy (non-hydrogen) atoms. The number of rotatable bonds is 5. The van der Waals surface area contributed by atoms with Crippen LogP contribution in [0, 0.1) is 0 Å². The van der Waals surface area contributed by atoms with E-state index in [1.54, 1.807) is 36.4 Å². The summed E-state index contributed by atoms with van der Waals surface area (Å²) in [5.41, 5.74) is 1.20. The van der Waals surface area contributed by atoms with Crippen LogP contribution >= 0.6 is 23.2 Å². The molecule has 0 atom stereocenters. The maximum Gasteiger partial charge on any atom is 0.174 e. The van der Waals surface area contributed by atoms with Gasteiger partial charge in [0.05, 0.1) is 24.3 Å². The molecule has 0 saturated heterocycles. The lowest BCUT2D eigenvalue weighted by Crippen LogP contribution is -2.08. The zero-order valence-corrected chi connectivity index (χ0v) is 13.2. The van der Waals surface area contributed by atoms with E-state index in [1.807, 2.05) is 0 Å². The SMILES string of the molecule is COc1cccc(OC)c1C(=O)Cc1ccc(Cl)c(Cl)c1. The third-order valence-corrected chi connectivity index (χ3v) is 3.79. The minimum Gasteiger partial charge on any atom is -0.496 e. The van der Waals surface area contributed by atoms with Gasteiger partial charge in [0, 0.05) is 6.42 Å². The highest BCUT2D eigenvalue weighted by Gasteiger charge is 2.18. The van der Waals surface area contributed by atoms with E-state index >= 15 is 0 Å². The van der Waals surface area contributed by atoms with Crippen molar-refractivity contribution in [3.05, 3.63) is 57.6 Å². The first-order valence-electron chi connectivity index (χ1n) is 6.25. The molecule has 0 N–H and O–H groups in total. The number of halogens is 2. The second kappa shape index (κ2) is 6.83. The maximum atomic E-state index is 12.5. The molecule has 0 heterocycles. The summed E-state index contributed by atoms with van der Waals surface area (Å²) in [7, 11) is 3.04. The minimum absolute atomic E-state index is 0.109. The predicted molar refractivity (Wildman–Crippen MR) is 84.0 cm³/mol. The van der Waals surface area contributed by atoms with Crippen molar-refractivity contribution in [2.75, 3.05) is 14.2 Å². The van der Waals surface area contributed by atoms with E-state index in [-0.39, 0.29) is 12.2 Å². The summed E-state index contributed by atoms with van der Waals surface area (Å²) in [5, 5.41) is 0.886. The molecule has 2 aromatic rings. The Labute approximate surface area is 133 Å². The quantitative estimate of drug-likeness (QED) is 0.763. The fraction of sp³-hybridized carbons (Fsp3) is 0.188. The second-order valence-corrected chi connectivity index (χ2v) is 5.20. The Kier molecular flexibility index (Phi) is 5.10. The van der Waals surface area contributed by atoms with Crippen LogP contribution in [0.25, 0.3) is 0 Å². The Hall–Kier alpha value is -1.71. The summed E-state index contributed by atoms with van der Waals surface area (Å²) in [6.07, 6.45) is 0.188. The summed E-state index contributed by atoms with van der Waals surface area (Å²) in [6.45, 7) is 0. The van der Waals surface area contributed by atoms with Crippen molar-refractivity contribution in [3.8, 4) is 11.5 Å². The van der Waals surface area contributed by atoms with Crippen LogP contribution in [-0.2, 0) is 6.42 Å². The number of hydrogen-bond donors (Lipinski definition) is 0. The molecule has 0 bridgehead atoms. The molecule has 110 valence electrons. The van der Waals surface area contributed by atoms with Crippen LogP contribution in [0.5, 0.6) is 11.5 Å². The van der Waals surface area contributed by atoms with Gasteiger partial charge in [-0.05, 0) is 29.8 Å². The molecule has 3 nitrogen and oxygen atoms in total. The molecule has 0 radical (unpaired) electrons. The Morgan fingerprint density at radius 3 is 2.14 bits per heavy atom. The number of Topliss-reactive ketones (excluding diaryl/α,β-unsaturated/α-hetero) is 1. The second-order valence-electron chi connectivity index (χ2n) is 4.39. The van der Waals surface area contributed by atoms with Crippen molar-refractivity contribution < 1.29 is 14.3 Å². The zero-order valence-electron chi connectivity index (χ0n) is 11.7.